The third-order valence-electron chi connectivity index (χ3n) is 4.81. The zero-order chi connectivity index (χ0) is 18.5. The largest absolute Gasteiger partial charge is 0.484 e. The van der Waals surface area contributed by atoms with E-state index in [-0.39, 0.29) is 18.6 Å². The fourth-order valence-electron chi connectivity index (χ4n) is 3.37. The number of nitrogens with zero attached hydrogens (tertiary/aromatic N) is 1. The summed E-state index contributed by atoms with van der Waals surface area (Å²) in [5.41, 5.74) is 0. The van der Waals surface area contributed by atoms with Crippen LogP contribution in [0.15, 0.2) is 60.0 Å². The summed E-state index contributed by atoms with van der Waals surface area (Å²) in [5, 5.41) is 4.31. The zero-order valence-corrected chi connectivity index (χ0v) is 16.0. The lowest BCUT2D eigenvalue weighted by Gasteiger charge is -2.25. The topological polar surface area (TPSA) is 38.8 Å². The van der Waals surface area contributed by atoms with Crippen molar-refractivity contribution in [3.05, 3.63) is 64.9 Å². The van der Waals surface area contributed by atoms with Crippen LogP contribution in [0.25, 0.3) is 10.8 Å². The molecule has 1 aliphatic heterocycles. The van der Waals surface area contributed by atoms with Crippen molar-refractivity contribution >= 4 is 28.0 Å². The third-order valence-corrected chi connectivity index (χ3v) is 5.67. The number of hydrogen-bond donors (Lipinski definition) is 0. The van der Waals surface area contributed by atoms with E-state index >= 15 is 0 Å². The van der Waals surface area contributed by atoms with E-state index in [4.69, 9.17) is 9.47 Å². The minimum absolute atomic E-state index is 0.00735. The maximum atomic E-state index is 12.8. The van der Waals surface area contributed by atoms with Gasteiger partial charge in [0.1, 0.15) is 5.75 Å². The number of rotatable bonds is 7. The van der Waals surface area contributed by atoms with Gasteiger partial charge in [0.2, 0.25) is 0 Å². The number of benzene rings is 2. The molecule has 0 saturated carbocycles. The number of carbonyl (C=O) groups excluding carboxylic acids is 1. The fraction of sp³-hybridized carbons (Fsp3) is 0.318. The number of ether oxygens (including phenoxy) is 2. The quantitative estimate of drug-likeness (QED) is 0.605. The normalized spacial score (nSPS) is 16.5. The van der Waals surface area contributed by atoms with Crippen LogP contribution in [0.1, 0.15) is 17.7 Å². The molecule has 5 heteroatoms. The molecule has 0 radical (unpaired) electrons. The van der Waals surface area contributed by atoms with Gasteiger partial charge in [0.25, 0.3) is 5.91 Å². The Hall–Kier alpha value is -2.37. The van der Waals surface area contributed by atoms with Crippen molar-refractivity contribution in [2.75, 3.05) is 19.8 Å². The molecule has 0 spiro atoms. The smallest absolute Gasteiger partial charge is 0.260 e. The van der Waals surface area contributed by atoms with Crippen molar-refractivity contribution in [2.24, 2.45) is 0 Å². The molecule has 3 aromatic rings. The molecule has 1 saturated heterocycles. The molecule has 1 atom stereocenters. The lowest BCUT2D eigenvalue weighted by Crippen LogP contribution is -2.39. The van der Waals surface area contributed by atoms with Gasteiger partial charge in [-0.3, -0.25) is 4.79 Å². The van der Waals surface area contributed by atoms with Crippen LogP contribution in [0.3, 0.4) is 0 Å². The van der Waals surface area contributed by atoms with Crippen molar-refractivity contribution < 1.29 is 14.3 Å². The van der Waals surface area contributed by atoms with Gasteiger partial charge in [-0.25, -0.2) is 0 Å². The van der Waals surface area contributed by atoms with Crippen molar-refractivity contribution in [3.8, 4) is 5.75 Å². The number of thiophene rings is 1. The lowest BCUT2D eigenvalue weighted by molar-refractivity contribution is -0.135. The van der Waals surface area contributed by atoms with Crippen molar-refractivity contribution in [2.45, 2.75) is 25.5 Å². The summed E-state index contributed by atoms with van der Waals surface area (Å²) in [6, 6.07) is 18.1. The Bertz CT molecular complexity index is 887. The summed E-state index contributed by atoms with van der Waals surface area (Å²) in [4.78, 5) is 15.9. The summed E-state index contributed by atoms with van der Waals surface area (Å²) in [7, 11) is 0. The first-order chi connectivity index (χ1) is 13.3. The molecule has 0 bridgehead atoms. The van der Waals surface area contributed by atoms with E-state index in [1.807, 2.05) is 52.7 Å². The summed E-state index contributed by atoms with van der Waals surface area (Å²) in [5.74, 6) is 0.710. The van der Waals surface area contributed by atoms with E-state index in [0.717, 1.165) is 36.0 Å². The third kappa shape index (κ3) is 4.67. The first kappa shape index (κ1) is 18.0. The molecule has 2 heterocycles. The molecule has 0 N–H and O–H groups in total. The lowest BCUT2D eigenvalue weighted by atomic mass is 10.1. The van der Waals surface area contributed by atoms with Gasteiger partial charge >= 0.3 is 0 Å². The molecular formula is C22H23NO3S. The Morgan fingerprint density at radius 1 is 1.15 bits per heavy atom. The van der Waals surface area contributed by atoms with Crippen molar-refractivity contribution in [1.82, 2.24) is 4.90 Å². The first-order valence-electron chi connectivity index (χ1n) is 9.31. The highest BCUT2D eigenvalue weighted by Crippen LogP contribution is 2.21. The second-order valence-corrected chi connectivity index (χ2v) is 7.82. The molecule has 1 amide bonds. The van der Waals surface area contributed by atoms with Gasteiger partial charge < -0.3 is 14.4 Å². The van der Waals surface area contributed by atoms with Gasteiger partial charge in [0.05, 0.1) is 12.6 Å². The van der Waals surface area contributed by atoms with Crippen LogP contribution in [0.5, 0.6) is 5.75 Å². The second-order valence-electron chi connectivity index (χ2n) is 6.79. The highest BCUT2D eigenvalue weighted by Gasteiger charge is 2.23. The molecule has 4 nitrogen and oxygen atoms in total. The van der Waals surface area contributed by atoms with Gasteiger partial charge in [-0.15, -0.1) is 11.3 Å². The molecule has 4 rings (SSSR count). The summed E-state index contributed by atoms with van der Waals surface area (Å²) >= 11 is 1.67. The second kappa shape index (κ2) is 8.55. The SMILES string of the molecule is O=C(COc1ccc2ccccc2c1)N(Cc1cccs1)C[C@@H]1CCCO1. The van der Waals surface area contributed by atoms with Crippen LogP contribution in [0.2, 0.25) is 0 Å². The molecule has 1 fully saturated rings. The van der Waals surface area contributed by atoms with Gasteiger partial charge in [-0.2, -0.15) is 0 Å². The van der Waals surface area contributed by atoms with Crippen LogP contribution in [-0.2, 0) is 16.1 Å². The maximum absolute atomic E-state index is 12.8. The molecule has 1 aliphatic rings. The van der Waals surface area contributed by atoms with Crippen molar-refractivity contribution in [3.63, 3.8) is 0 Å². The van der Waals surface area contributed by atoms with Crippen LogP contribution in [-0.4, -0.2) is 36.7 Å². The van der Waals surface area contributed by atoms with E-state index in [2.05, 4.69) is 12.1 Å². The van der Waals surface area contributed by atoms with Gasteiger partial charge in [0.15, 0.2) is 6.61 Å². The van der Waals surface area contributed by atoms with Crippen LogP contribution in [0, 0.1) is 0 Å². The number of hydrogen-bond acceptors (Lipinski definition) is 4. The molecule has 27 heavy (non-hydrogen) atoms. The monoisotopic (exact) mass is 381 g/mol. The predicted molar refractivity (Wildman–Crippen MR) is 108 cm³/mol. The highest BCUT2D eigenvalue weighted by atomic mass is 32.1. The Labute approximate surface area is 163 Å². The summed E-state index contributed by atoms with van der Waals surface area (Å²) in [6.45, 7) is 2.06. The predicted octanol–water partition coefficient (Wildman–Crippen LogP) is 4.49. The molecule has 0 unspecified atom stereocenters. The highest BCUT2D eigenvalue weighted by molar-refractivity contribution is 7.09. The maximum Gasteiger partial charge on any atom is 0.260 e. The van der Waals surface area contributed by atoms with E-state index in [9.17, 15) is 4.79 Å². The minimum atomic E-state index is -0.00735. The van der Waals surface area contributed by atoms with E-state index in [1.165, 1.54) is 4.88 Å². The molecule has 2 aromatic carbocycles. The Morgan fingerprint density at radius 2 is 2.04 bits per heavy atom. The van der Waals surface area contributed by atoms with Crippen LogP contribution < -0.4 is 4.74 Å². The van der Waals surface area contributed by atoms with E-state index in [0.29, 0.717) is 13.1 Å². The molecular weight excluding hydrogens is 358 g/mol. The standard InChI is InChI=1S/C22H23NO3S/c24-22(16-26-19-10-9-17-5-1-2-6-18(17)13-19)23(14-20-7-3-11-25-20)15-21-8-4-12-27-21/h1-2,4-6,8-10,12-13,20H,3,7,11,14-16H2/t20-/m0/s1. The number of fused-ring (bicyclic) bond motifs is 1. The van der Waals surface area contributed by atoms with Crippen LogP contribution >= 0.6 is 11.3 Å². The van der Waals surface area contributed by atoms with E-state index < -0.39 is 0 Å². The van der Waals surface area contributed by atoms with Gasteiger partial charge in [-0.05, 0) is 47.2 Å². The van der Waals surface area contributed by atoms with Crippen molar-refractivity contribution in [1.29, 1.82) is 0 Å². The molecule has 140 valence electrons. The van der Waals surface area contributed by atoms with E-state index in [1.54, 1.807) is 11.3 Å². The average molecular weight is 381 g/mol. The van der Waals surface area contributed by atoms with Crippen LogP contribution in [0.4, 0.5) is 0 Å². The molecule has 1 aromatic heterocycles. The van der Waals surface area contributed by atoms with Gasteiger partial charge in [0, 0.05) is 18.0 Å². The zero-order valence-electron chi connectivity index (χ0n) is 15.2. The Kier molecular flexibility index (Phi) is 5.70. The average Bonchev–Trinajstić information content (AvgIpc) is 3.39. The first-order valence-corrected chi connectivity index (χ1v) is 10.2. The fourth-order valence-corrected chi connectivity index (χ4v) is 4.09. The summed E-state index contributed by atoms with van der Waals surface area (Å²) < 4.78 is 11.5. The minimum Gasteiger partial charge on any atom is -0.484 e. The van der Waals surface area contributed by atoms with Gasteiger partial charge in [-0.1, -0.05) is 36.4 Å². The molecule has 0 aliphatic carbocycles. The number of amides is 1. The number of carbonyl (C=O) groups is 1. The Balaban J connectivity index is 1.41. The summed E-state index contributed by atoms with van der Waals surface area (Å²) in [6.07, 6.45) is 2.22. The Morgan fingerprint density at radius 3 is 2.81 bits per heavy atom.